The van der Waals surface area contributed by atoms with E-state index in [-0.39, 0.29) is 32.1 Å². The van der Waals surface area contributed by atoms with E-state index in [1.807, 2.05) is 0 Å². The molecule has 0 heterocycles. The summed E-state index contributed by atoms with van der Waals surface area (Å²) >= 11 is 0. The number of esters is 1. The molecule has 0 fully saturated rings. The van der Waals surface area contributed by atoms with Crippen LogP contribution < -0.4 is 5.32 Å². The topological polar surface area (TPSA) is 131 Å². The first kappa shape index (κ1) is 52.5. The van der Waals surface area contributed by atoms with Gasteiger partial charge >= 0.3 is 13.8 Å². The summed E-state index contributed by atoms with van der Waals surface area (Å²) in [6.45, 7) is 3.54. The van der Waals surface area contributed by atoms with E-state index in [2.05, 4.69) is 43.5 Å². The maximum Gasteiger partial charge on any atom is 0.472 e. The van der Waals surface area contributed by atoms with Crippen LogP contribution in [-0.2, 0) is 27.9 Å². The van der Waals surface area contributed by atoms with Gasteiger partial charge in [0.1, 0.15) is 12.7 Å². The number of amides is 1. The third-order valence-electron chi connectivity index (χ3n) is 9.63. The van der Waals surface area contributed by atoms with E-state index >= 15 is 0 Å². The highest BCUT2D eigenvalue weighted by molar-refractivity contribution is 7.47. The molecule has 0 aliphatic rings. The van der Waals surface area contributed by atoms with E-state index in [1.165, 1.54) is 141 Å². The Morgan fingerprint density at radius 2 is 1.00 bits per heavy atom. The minimum absolute atomic E-state index is 0.0815. The number of hydrogen-bond acceptors (Lipinski definition) is 7. The number of aliphatic hydroxyl groups excluding tert-OH is 1. The molecule has 2 unspecified atom stereocenters. The van der Waals surface area contributed by atoms with E-state index in [9.17, 15) is 24.2 Å². The van der Waals surface area contributed by atoms with Gasteiger partial charge in [-0.25, -0.2) is 4.57 Å². The van der Waals surface area contributed by atoms with E-state index in [0.29, 0.717) is 6.42 Å². The molecule has 0 saturated carbocycles. The average Bonchev–Trinajstić information content (AvgIpc) is 3.16. The number of hydrogen-bond donors (Lipinski definition) is 3. The van der Waals surface area contributed by atoms with Crippen molar-refractivity contribution in [1.82, 2.24) is 5.32 Å². The number of nitrogens with one attached hydrogen (secondary N) is 1. The van der Waals surface area contributed by atoms with Crippen LogP contribution in [0, 0.1) is 0 Å². The van der Waals surface area contributed by atoms with Crippen molar-refractivity contribution in [2.24, 2.45) is 0 Å². The van der Waals surface area contributed by atoms with Crippen LogP contribution in [-0.4, -0.2) is 54.3 Å². The molecule has 1 amide bonds. The van der Waals surface area contributed by atoms with Gasteiger partial charge in [-0.1, -0.05) is 179 Å². The third kappa shape index (κ3) is 41.6. The summed E-state index contributed by atoms with van der Waals surface area (Å²) in [5, 5.41) is 12.7. The first-order chi connectivity index (χ1) is 26.3. The van der Waals surface area contributed by atoms with Crippen molar-refractivity contribution >= 4 is 19.7 Å². The molecule has 0 spiro atoms. The molecule has 0 aromatic heterocycles. The molecule has 318 valence electrons. The minimum atomic E-state index is -4.41. The lowest BCUT2D eigenvalue weighted by atomic mass is 10.0. The molecule has 9 nitrogen and oxygen atoms in total. The highest BCUT2D eigenvalue weighted by Crippen LogP contribution is 2.42. The molecule has 0 aromatic carbocycles. The Morgan fingerprint density at radius 3 is 1.52 bits per heavy atom. The number of ether oxygens (including phenoxy) is 1. The van der Waals surface area contributed by atoms with Crippen LogP contribution in [0.3, 0.4) is 0 Å². The summed E-state index contributed by atoms with van der Waals surface area (Å²) in [6, 6.07) is 0. The lowest BCUT2D eigenvalue weighted by molar-refractivity contribution is -0.147. The van der Waals surface area contributed by atoms with Gasteiger partial charge in [-0.3, -0.25) is 18.6 Å². The predicted molar refractivity (Wildman–Crippen MR) is 224 cm³/mol. The summed E-state index contributed by atoms with van der Waals surface area (Å²) in [6.07, 6.45) is 43.9. The van der Waals surface area contributed by atoms with Crippen LogP contribution in [0.2, 0.25) is 0 Å². The Labute approximate surface area is 331 Å². The zero-order chi connectivity index (χ0) is 39.6. The van der Waals surface area contributed by atoms with Crippen molar-refractivity contribution < 1.29 is 37.9 Å². The number of rotatable bonds is 42. The molecule has 10 heteroatoms. The summed E-state index contributed by atoms with van der Waals surface area (Å²) in [5.41, 5.74) is 0. The molecule has 3 N–H and O–H groups in total. The smallest absolute Gasteiger partial charge is 0.463 e. The van der Waals surface area contributed by atoms with Crippen molar-refractivity contribution in [1.29, 1.82) is 0 Å². The first-order valence-corrected chi connectivity index (χ1v) is 23.8. The molecule has 0 bridgehead atoms. The molecule has 2 atom stereocenters. The molecule has 0 rings (SSSR count). The Balaban J connectivity index is 3.57. The molecule has 0 aromatic rings. The summed E-state index contributed by atoms with van der Waals surface area (Å²) in [7, 11) is -4.41. The summed E-state index contributed by atoms with van der Waals surface area (Å²) in [4.78, 5) is 33.9. The van der Waals surface area contributed by atoms with Gasteiger partial charge in [-0.05, 0) is 44.9 Å². The van der Waals surface area contributed by atoms with Gasteiger partial charge in [-0.15, -0.1) is 0 Å². The van der Waals surface area contributed by atoms with Crippen LogP contribution in [0.5, 0.6) is 0 Å². The highest BCUT2D eigenvalue weighted by Gasteiger charge is 2.23. The number of phosphoric ester groups is 1. The van der Waals surface area contributed by atoms with Gasteiger partial charge in [0.15, 0.2) is 0 Å². The lowest BCUT2D eigenvalue weighted by Crippen LogP contribution is -2.27. The van der Waals surface area contributed by atoms with Gasteiger partial charge in [-0.2, -0.15) is 0 Å². The quantitative estimate of drug-likeness (QED) is 0.0241. The van der Waals surface area contributed by atoms with Crippen LogP contribution in [0.15, 0.2) is 24.3 Å². The zero-order valence-electron chi connectivity index (χ0n) is 34.9. The van der Waals surface area contributed by atoms with Gasteiger partial charge in [0.2, 0.25) is 5.91 Å². The monoisotopic (exact) mass is 786 g/mol. The SMILES string of the molecule is CCCCC/C=C\C/C=C\CCCCCCCCCCCC(=O)NCCOP(=O)(O)OCC(O)COC(=O)CCCCCCCCCCCCCCCC. The van der Waals surface area contributed by atoms with Crippen molar-refractivity contribution in [3.05, 3.63) is 24.3 Å². The molecule has 54 heavy (non-hydrogen) atoms. The fourth-order valence-corrected chi connectivity index (χ4v) is 6.99. The fraction of sp³-hybridized carbons (Fsp3) is 0.864. The number of phosphoric acid groups is 1. The number of aliphatic hydroxyl groups is 1. The molecule has 0 aliphatic heterocycles. The van der Waals surface area contributed by atoms with E-state index < -0.39 is 26.5 Å². The molecular weight excluding hydrogens is 701 g/mol. The molecule has 0 saturated heterocycles. The summed E-state index contributed by atoms with van der Waals surface area (Å²) in [5.74, 6) is -0.514. The maximum absolute atomic E-state index is 12.1. The zero-order valence-corrected chi connectivity index (χ0v) is 35.8. The average molecular weight is 786 g/mol. The highest BCUT2D eigenvalue weighted by atomic mass is 31.2. The third-order valence-corrected chi connectivity index (χ3v) is 10.6. The minimum Gasteiger partial charge on any atom is -0.463 e. The van der Waals surface area contributed by atoms with Crippen molar-refractivity contribution in [3.63, 3.8) is 0 Å². The van der Waals surface area contributed by atoms with Crippen LogP contribution >= 0.6 is 7.82 Å². The standard InChI is InChI=1S/C44H84NO8P/c1-3-5-7-9-11-13-15-17-19-20-21-22-23-24-26-28-30-32-34-36-43(47)45-38-39-52-54(49,50)53-41-42(46)40-51-44(48)37-35-33-31-29-27-25-18-16-14-12-10-8-6-4-2/h11,13,17,19,42,46H,3-10,12,14-16,18,20-41H2,1-2H3,(H,45,47)(H,49,50)/b13-11-,19-17-. The van der Waals surface area contributed by atoms with Crippen molar-refractivity contribution in [3.8, 4) is 0 Å². The van der Waals surface area contributed by atoms with Crippen LogP contribution in [0.25, 0.3) is 0 Å². The number of unbranched alkanes of at least 4 members (excludes halogenated alkanes) is 25. The number of carbonyl (C=O) groups is 2. The Kier molecular flexibility index (Phi) is 40.0. The second-order valence-electron chi connectivity index (χ2n) is 15.0. The second kappa shape index (κ2) is 41.1. The maximum atomic E-state index is 12.1. The van der Waals surface area contributed by atoms with Gasteiger partial charge in [0.05, 0.1) is 13.2 Å². The van der Waals surface area contributed by atoms with Crippen molar-refractivity contribution in [2.45, 2.75) is 219 Å². The van der Waals surface area contributed by atoms with Gasteiger partial charge in [0.25, 0.3) is 0 Å². The van der Waals surface area contributed by atoms with E-state index in [1.54, 1.807) is 0 Å². The lowest BCUT2D eigenvalue weighted by Gasteiger charge is -2.15. The van der Waals surface area contributed by atoms with E-state index in [4.69, 9.17) is 13.8 Å². The van der Waals surface area contributed by atoms with Gasteiger partial charge in [0, 0.05) is 19.4 Å². The first-order valence-electron chi connectivity index (χ1n) is 22.3. The van der Waals surface area contributed by atoms with Crippen molar-refractivity contribution in [2.75, 3.05) is 26.4 Å². The molecule has 0 aliphatic carbocycles. The molecular formula is C44H84NO8P. The van der Waals surface area contributed by atoms with E-state index in [0.717, 1.165) is 44.9 Å². The normalized spacial score (nSPS) is 13.5. The van der Waals surface area contributed by atoms with Crippen LogP contribution in [0.1, 0.15) is 213 Å². The molecule has 0 radical (unpaired) electrons. The predicted octanol–water partition coefficient (Wildman–Crippen LogP) is 12.4. The van der Waals surface area contributed by atoms with Gasteiger partial charge < -0.3 is 20.1 Å². The Morgan fingerprint density at radius 1 is 0.574 bits per heavy atom. The summed E-state index contributed by atoms with van der Waals surface area (Å²) < 4.78 is 26.9. The Bertz CT molecular complexity index is 944. The fourth-order valence-electron chi connectivity index (χ4n) is 6.23. The number of allylic oxidation sites excluding steroid dienone is 4. The largest absolute Gasteiger partial charge is 0.472 e. The Hall–Kier alpha value is -1.51. The van der Waals surface area contributed by atoms with Crippen LogP contribution in [0.4, 0.5) is 0 Å². The number of carbonyl (C=O) groups excluding carboxylic acids is 2. The second-order valence-corrected chi connectivity index (χ2v) is 16.5.